The molecule has 1 aromatic rings. The molecule has 2 unspecified atom stereocenters. The van der Waals surface area contributed by atoms with Gasteiger partial charge in [0.15, 0.2) is 11.6 Å². The van der Waals surface area contributed by atoms with Crippen LogP contribution in [0.15, 0.2) is 23.1 Å². The van der Waals surface area contributed by atoms with E-state index in [1.165, 1.54) is 19.2 Å². The lowest BCUT2D eigenvalue weighted by molar-refractivity contribution is 0.385. The first kappa shape index (κ1) is 15.2. The summed E-state index contributed by atoms with van der Waals surface area (Å²) in [5.41, 5.74) is 5.63. The Balaban J connectivity index is 2.20. The van der Waals surface area contributed by atoms with Crippen LogP contribution in [0.2, 0.25) is 0 Å². The molecule has 1 aromatic carbocycles. The van der Waals surface area contributed by atoms with Gasteiger partial charge in [-0.3, -0.25) is 0 Å². The van der Waals surface area contributed by atoms with E-state index in [0.717, 1.165) is 25.3 Å². The van der Waals surface area contributed by atoms with Gasteiger partial charge in [0.05, 0.1) is 12.0 Å². The summed E-state index contributed by atoms with van der Waals surface area (Å²) < 4.78 is 45.5. The lowest BCUT2D eigenvalue weighted by Gasteiger charge is -2.19. The maximum atomic E-state index is 13.6. The van der Waals surface area contributed by atoms with E-state index in [0.29, 0.717) is 6.54 Å². The van der Waals surface area contributed by atoms with E-state index in [2.05, 4.69) is 4.72 Å². The van der Waals surface area contributed by atoms with Crippen molar-refractivity contribution >= 4 is 10.0 Å². The topological polar surface area (TPSA) is 81.4 Å². The summed E-state index contributed by atoms with van der Waals surface area (Å²) in [6.07, 6.45) is 2.63. The summed E-state index contributed by atoms with van der Waals surface area (Å²) in [4.78, 5) is -0.0986. The Labute approximate surface area is 118 Å². The fourth-order valence-electron chi connectivity index (χ4n) is 2.56. The maximum absolute atomic E-state index is 13.6. The number of sulfonamides is 1. The van der Waals surface area contributed by atoms with E-state index < -0.39 is 15.8 Å². The molecule has 0 aromatic heterocycles. The normalized spacial score (nSPS) is 22.9. The van der Waals surface area contributed by atoms with Gasteiger partial charge in [-0.05, 0) is 43.5 Å². The Morgan fingerprint density at radius 3 is 2.80 bits per heavy atom. The number of hydrogen-bond acceptors (Lipinski definition) is 4. The van der Waals surface area contributed by atoms with Crippen LogP contribution in [0.1, 0.15) is 19.3 Å². The van der Waals surface area contributed by atoms with E-state index >= 15 is 0 Å². The first-order valence-electron chi connectivity index (χ1n) is 6.54. The Morgan fingerprint density at radius 1 is 1.45 bits per heavy atom. The van der Waals surface area contributed by atoms with Gasteiger partial charge >= 0.3 is 0 Å². The smallest absolute Gasteiger partial charge is 0.240 e. The average Bonchev–Trinajstić information content (AvgIpc) is 2.85. The summed E-state index contributed by atoms with van der Waals surface area (Å²) in [6.45, 7) is 0.449. The highest BCUT2D eigenvalue weighted by atomic mass is 32.2. The summed E-state index contributed by atoms with van der Waals surface area (Å²) in [6, 6.07) is 3.43. The molecule has 1 saturated carbocycles. The van der Waals surface area contributed by atoms with Crippen molar-refractivity contribution in [3.8, 4) is 5.75 Å². The van der Waals surface area contributed by atoms with Crippen molar-refractivity contribution < 1.29 is 17.5 Å². The molecule has 2 rings (SSSR count). The molecule has 20 heavy (non-hydrogen) atoms. The van der Waals surface area contributed by atoms with Gasteiger partial charge in [0, 0.05) is 6.04 Å². The molecule has 0 amide bonds. The molecule has 3 N–H and O–H groups in total. The van der Waals surface area contributed by atoms with Gasteiger partial charge < -0.3 is 10.5 Å². The molecule has 1 aliphatic rings. The molecule has 0 saturated heterocycles. The Morgan fingerprint density at radius 2 is 2.20 bits per heavy atom. The van der Waals surface area contributed by atoms with Crippen LogP contribution in [0, 0.1) is 11.7 Å². The monoisotopic (exact) mass is 302 g/mol. The van der Waals surface area contributed by atoms with Crippen molar-refractivity contribution in [2.45, 2.75) is 30.2 Å². The first-order valence-corrected chi connectivity index (χ1v) is 8.02. The zero-order valence-electron chi connectivity index (χ0n) is 11.3. The average molecular weight is 302 g/mol. The number of halogens is 1. The molecule has 0 heterocycles. The van der Waals surface area contributed by atoms with E-state index in [9.17, 15) is 12.8 Å². The Hall–Kier alpha value is -1.18. The van der Waals surface area contributed by atoms with Crippen LogP contribution in [0.5, 0.6) is 5.75 Å². The Kier molecular flexibility index (Phi) is 4.62. The number of nitrogens with two attached hydrogens (primary N) is 1. The molecule has 112 valence electrons. The molecule has 1 aliphatic carbocycles. The van der Waals surface area contributed by atoms with Crippen LogP contribution in [0.25, 0.3) is 0 Å². The van der Waals surface area contributed by atoms with Gasteiger partial charge in [-0.2, -0.15) is 0 Å². The van der Waals surface area contributed by atoms with E-state index in [-0.39, 0.29) is 22.6 Å². The molecule has 5 nitrogen and oxygen atoms in total. The van der Waals surface area contributed by atoms with Gasteiger partial charge in [-0.15, -0.1) is 0 Å². The number of ether oxygens (including phenoxy) is 1. The van der Waals surface area contributed by atoms with E-state index in [1.807, 2.05) is 0 Å². The fraction of sp³-hybridized carbons (Fsp3) is 0.538. The molecule has 0 spiro atoms. The number of methoxy groups -OCH3 is 1. The minimum atomic E-state index is -3.74. The van der Waals surface area contributed by atoms with Crippen LogP contribution < -0.4 is 15.2 Å². The van der Waals surface area contributed by atoms with Gasteiger partial charge in [-0.1, -0.05) is 6.42 Å². The molecule has 0 bridgehead atoms. The minimum absolute atomic E-state index is 0.0182. The maximum Gasteiger partial charge on any atom is 0.240 e. The largest absolute Gasteiger partial charge is 0.494 e. The highest BCUT2D eigenvalue weighted by Crippen LogP contribution is 2.27. The van der Waals surface area contributed by atoms with Gasteiger partial charge in [0.25, 0.3) is 0 Å². The lowest BCUT2D eigenvalue weighted by Crippen LogP contribution is -2.39. The number of hydrogen-bond donors (Lipinski definition) is 2. The third-order valence-corrected chi connectivity index (χ3v) is 5.19. The molecule has 1 fully saturated rings. The van der Waals surface area contributed by atoms with Gasteiger partial charge in [0.1, 0.15) is 0 Å². The second kappa shape index (κ2) is 6.07. The number of rotatable bonds is 5. The predicted molar refractivity (Wildman–Crippen MR) is 73.5 cm³/mol. The summed E-state index contributed by atoms with van der Waals surface area (Å²) in [7, 11) is -2.41. The molecular formula is C13H19FN2O3S. The van der Waals surface area contributed by atoms with Crippen LogP contribution in [-0.4, -0.2) is 28.1 Å². The van der Waals surface area contributed by atoms with Gasteiger partial charge in [-0.25, -0.2) is 17.5 Å². The second-order valence-corrected chi connectivity index (χ2v) is 6.66. The van der Waals surface area contributed by atoms with Gasteiger partial charge in [0.2, 0.25) is 10.0 Å². The van der Waals surface area contributed by atoms with Crippen molar-refractivity contribution in [1.82, 2.24) is 4.72 Å². The van der Waals surface area contributed by atoms with Crippen molar-refractivity contribution in [2.75, 3.05) is 13.7 Å². The molecule has 0 aliphatic heterocycles. The zero-order valence-corrected chi connectivity index (χ0v) is 12.1. The molecular weight excluding hydrogens is 283 g/mol. The van der Waals surface area contributed by atoms with E-state index in [4.69, 9.17) is 10.5 Å². The van der Waals surface area contributed by atoms with Crippen molar-refractivity contribution in [3.05, 3.63) is 24.0 Å². The summed E-state index contributed by atoms with van der Waals surface area (Å²) in [5.74, 6) is -0.533. The zero-order chi connectivity index (χ0) is 14.8. The Bertz CT molecular complexity index is 577. The highest BCUT2D eigenvalue weighted by molar-refractivity contribution is 7.89. The van der Waals surface area contributed by atoms with Crippen molar-refractivity contribution in [3.63, 3.8) is 0 Å². The van der Waals surface area contributed by atoms with Crippen molar-refractivity contribution in [1.29, 1.82) is 0 Å². The van der Waals surface area contributed by atoms with Crippen LogP contribution in [0.3, 0.4) is 0 Å². The summed E-state index contributed by atoms with van der Waals surface area (Å²) >= 11 is 0. The number of nitrogens with one attached hydrogen (secondary N) is 1. The quantitative estimate of drug-likeness (QED) is 0.857. The van der Waals surface area contributed by atoms with E-state index in [1.54, 1.807) is 0 Å². The minimum Gasteiger partial charge on any atom is -0.494 e. The molecule has 2 atom stereocenters. The second-order valence-electron chi connectivity index (χ2n) is 4.95. The van der Waals surface area contributed by atoms with Crippen LogP contribution >= 0.6 is 0 Å². The fourth-order valence-corrected chi connectivity index (χ4v) is 3.91. The molecule has 0 radical (unpaired) electrons. The molecule has 7 heteroatoms. The lowest BCUT2D eigenvalue weighted by atomic mass is 10.1. The SMILES string of the molecule is COc1ccc(S(=O)(=O)NC2CCCC2CN)cc1F. The third-order valence-electron chi connectivity index (χ3n) is 3.70. The highest BCUT2D eigenvalue weighted by Gasteiger charge is 2.30. The third kappa shape index (κ3) is 3.11. The van der Waals surface area contributed by atoms with Crippen molar-refractivity contribution in [2.24, 2.45) is 11.7 Å². The number of benzene rings is 1. The predicted octanol–water partition coefficient (Wildman–Crippen LogP) is 1.24. The van der Waals surface area contributed by atoms with Crippen LogP contribution in [-0.2, 0) is 10.0 Å². The van der Waals surface area contributed by atoms with Crippen LogP contribution in [0.4, 0.5) is 4.39 Å². The first-order chi connectivity index (χ1) is 9.47. The standard InChI is InChI=1S/C13H19FN2O3S/c1-19-13-6-5-10(7-11(13)14)20(17,18)16-12-4-2-3-9(12)8-15/h5-7,9,12,16H,2-4,8,15H2,1H3. The summed E-state index contributed by atoms with van der Waals surface area (Å²) in [5, 5.41) is 0.